The van der Waals surface area contributed by atoms with Crippen LogP contribution in [0.5, 0.6) is 0 Å². The number of nitrogens with zero attached hydrogens (tertiary/aromatic N) is 2. The molecule has 0 amide bonds. The molecular formula is C20H18N2O2. The number of aromatic nitrogens is 2. The lowest BCUT2D eigenvalue weighted by atomic mass is 9.92. The average Bonchev–Trinajstić information content (AvgIpc) is 3.03. The predicted molar refractivity (Wildman–Crippen MR) is 92.5 cm³/mol. The summed E-state index contributed by atoms with van der Waals surface area (Å²) in [7, 11) is 1.94. The Kier molecular flexibility index (Phi) is 3.17. The number of benzene rings is 2. The van der Waals surface area contributed by atoms with Crippen LogP contribution in [-0.4, -0.2) is 21.1 Å². The lowest BCUT2D eigenvalue weighted by molar-refractivity contribution is 0.0822. The number of hydrogen-bond donors (Lipinski definition) is 0. The summed E-state index contributed by atoms with van der Waals surface area (Å²) in [6, 6.07) is 11.3. The van der Waals surface area contributed by atoms with Gasteiger partial charge in [-0.1, -0.05) is 24.3 Å². The van der Waals surface area contributed by atoms with E-state index in [9.17, 15) is 9.59 Å². The van der Waals surface area contributed by atoms with Crippen molar-refractivity contribution in [1.29, 1.82) is 0 Å². The summed E-state index contributed by atoms with van der Waals surface area (Å²) >= 11 is 0. The van der Waals surface area contributed by atoms with Crippen LogP contribution in [0.25, 0.3) is 11.0 Å². The Balaban J connectivity index is 1.77. The maximum Gasteiger partial charge on any atom is 0.174 e. The van der Waals surface area contributed by atoms with Gasteiger partial charge in [0, 0.05) is 18.2 Å². The fraction of sp³-hybridized carbons (Fsp3) is 0.250. The Morgan fingerprint density at radius 3 is 2.71 bits per heavy atom. The molecule has 1 heterocycles. The first-order valence-corrected chi connectivity index (χ1v) is 8.07. The number of Topliss-reactive ketones (excluding diaryl/α,β-unsaturated/α-hetero) is 2. The van der Waals surface area contributed by atoms with Crippen molar-refractivity contribution in [1.82, 2.24) is 9.55 Å². The fourth-order valence-corrected chi connectivity index (χ4v) is 3.55. The van der Waals surface area contributed by atoms with Gasteiger partial charge in [0.2, 0.25) is 0 Å². The molecule has 120 valence electrons. The van der Waals surface area contributed by atoms with Crippen molar-refractivity contribution in [3.05, 3.63) is 64.5 Å². The minimum absolute atomic E-state index is 0.0704. The smallest absolute Gasteiger partial charge is 0.174 e. The Hall–Kier alpha value is -2.75. The first-order chi connectivity index (χ1) is 11.5. The molecule has 4 rings (SSSR count). The monoisotopic (exact) mass is 318 g/mol. The molecule has 24 heavy (non-hydrogen) atoms. The molecular weight excluding hydrogens is 300 g/mol. The van der Waals surface area contributed by atoms with Gasteiger partial charge in [0.25, 0.3) is 0 Å². The van der Waals surface area contributed by atoms with E-state index in [4.69, 9.17) is 0 Å². The maximum atomic E-state index is 12.9. The molecule has 0 saturated heterocycles. The molecule has 4 heteroatoms. The molecule has 1 atom stereocenters. The highest BCUT2D eigenvalue weighted by molar-refractivity contribution is 6.19. The van der Waals surface area contributed by atoms with E-state index in [1.54, 1.807) is 6.07 Å². The predicted octanol–water partition coefficient (Wildman–Crippen LogP) is 3.43. The molecule has 0 spiro atoms. The lowest BCUT2D eigenvalue weighted by Gasteiger charge is -2.09. The number of imidazole rings is 1. The van der Waals surface area contributed by atoms with Crippen molar-refractivity contribution in [3.8, 4) is 0 Å². The van der Waals surface area contributed by atoms with Crippen molar-refractivity contribution in [2.45, 2.75) is 20.3 Å². The summed E-state index contributed by atoms with van der Waals surface area (Å²) in [5.74, 6) is 0.147. The van der Waals surface area contributed by atoms with Gasteiger partial charge in [-0.3, -0.25) is 9.59 Å². The van der Waals surface area contributed by atoms with Crippen molar-refractivity contribution < 1.29 is 9.59 Å². The van der Waals surface area contributed by atoms with Gasteiger partial charge in [0.15, 0.2) is 11.6 Å². The lowest BCUT2D eigenvalue weighted by Crippen LogP contribution is -2.21. The van der Waals surface area contributed by atoms with Gasteiger partial charge in [0.1, 0.15) is 5.82 Å². The van der Waals surface area contributed by atoms with E-state index in [1.807, 2.05) is 55.8 Å². The van der Waals surface area contributed by atoms with Crippen LogP contribution in [0.15, 0.2) is 36.4 Å². The van der Waals surface area contributed by atoms with E-state index in [-0.39, 0.29) is 11.6 Å². The van der Waals surface area contributed by atoms with Gasteiger partial charge in [-0.25, -0.2) is 4.98 Å². The number of aryl methyl sites for hydroxylation is 3. The second-order valence-electron chi connectivity index (χ2n) is 6.52. The summed E-state index contributed by atoms with van der Waals surface area (Å²) in [5.41, 5.74) is 4.96. The summed E-state index contributed by atoms with van der Waals surface area (Å²) in [6.45, 7) is 3.85. The van der Waals surface area contributed by atoms with Crippen LogP contribution in [0.1, 0.15) is 37.7 Å². The minimum Gasteiger partial charge on any atom is -0.331 e. The van der Waals surface area contributed by atoms with E-state index in [1.165, 1.54) is 0 Å². The zero-order valence-corrected chi connectivity index (χ0v) is 14.0. The van der Waals surface area contributed by atoms with Gasteiger partial charge in [-0.05, 0) is 43.5 Å². The minimum atomic E-state index is -0.612. The van der Waals surface area contributed by atoms with E-state index in [0.29, 0.717) is 17.5 Å². The molecule has 4 nitrogen and oxygen atoms in total. The van der Waals surface area contributed by atoms with Gasteiger partial charge in [-0.2, -0.15) is 0 Å². The number of ketones is 2. The topological polar surface area (TPSA) is 52.0 Å². The van der Waals surface area contributed by atoms with Crippen molar-refractivity contribution >= 4 is 22.6 Å². The van der Waals surface area contributed by atoms with Crippen molar-refractivity contribution in [2.24, 2.45) is 13.0 Å². The third-order valence-electron chi connectivity index (χ3n) is 5.06. The van der Waals surface area contributed by atoms with Crippen LogP contribution < -0.4 is 0 Å². The van der Waals surface area contributed by atoms with Crippen LogP contribution in [-0.2, 0) is 13.5 Å². The summed E-state index contributed by atoms with van der Waals surface area (Å²) < 4.78 is 1.97. The van der Waals surface area contributed by atoms with Crippen molar-refractivity contribution in [2.75, 3.05) is 0 Å². The number of hydrogen-bond acceptors (Lipinski definition) is 3. The van der Waals surface area contributed by atoms with E-state index < -0.39 is 5.92 Å². The molecule has 0 N–H and O–H groups in total. The molecule has 0 saturated carbocycles. The van der Waals surface area contributed by atoms with E-state index >= 15 is 0 Å². The molecule has 3 aromatic rings. The Bertz CT molecular complexity index is 1010. The number of fused-ring (bicyclic) bond motifs is 2. The van der Waals surface area contributed by atoms with E-state index in [0.717, 1.165) is 28.0 Å². The second kappa shape index (κ2) is 5.13. The van der Waals surface area contributed by atoms with Crippen LogP contribution in [0.4, 0.5) is 0 Å². The quantitative estimate of drug-likeness (QED) is 0.537. The highest BCUT2D eigenvalue weighted by Crippen LogP contribution is 2.33. The molecule has 0 aliphatic heterocycles. The molecule has 1 aliphatic rings. The van der Waals surface area contributed by atoms with Crippen LogP contribution in [0.2, 0.25) is 0 Å². The molecule has 2 aromatic carbocycles. The van der Waals surface area contributed by atoms with Gasteiger partial charge >= 0.3 is 0 Å². The molecule has 1 unspecified atom stereocenters. The van der Waals surface area contributed by atoms with Gasteiger partial charge in [0.05, 0.1) is 17.0 Å². The number of carbonyl (C=O) groups excluding carboxylic acids is 2. The van der Waals surface area contributed by atoms with E-state index in [2.05, 4.69) is 4.98 Å². The molecule has 0 bridgehead atoms. The zero-order chi connectivity index (χ0) is 17.0. The SMILES string of the molecule is Cc1ccccc1C(=O)C1Cc2cc3nc(C)n(C)c3cc2C1=O. The molecule has 0 fully saturated rings. The van der Waals surface area contributed by atoms with Gasteiger partial charge < -0.3 is 4.57 Å². The average molecular weight is 318 g/mol. The maximum absolute atomic E-state index is 12.9. The highest BCUT2D eigenvalue weighted by Gasteiger charge is 2.37. The number of rotatable bonds is 2. The summed E-state index contributed by atoms with van der Waals surface area (Å²) in [5, 5.41) is 0. The van der Waals surface area contributed by atoms with Crippen LogP contribution in [0, 0.1) is 19.8 Å². The third kappa shape index (κ3) is 2.03. The Morgan fingerprint density at radius 1 is 1.21 bits per heavy atom. The van der Waals surface area contributed by atoms with Crippen molar-refractivity contribution in [3.63, 3.8) is 0 Å². The van der Waals surface area contributed by atoms with Gasteiger partial charge in [-0.15, -0.1) is 0 Å². The van der Waals surface area contributed by atoms with Crippen LogP contribution in [0.3, 0.4) is 0 Å². The standard InChI is InChI=1S/C20H18N2O2/c1-11-6-4-5-7-14(11)19(23)16-8-13-9-17-18(10-15(13)20(16)24)22(3)12(2)21-17/h4-7,9-10,16H,8H2,1-3H3. The second-order valence-corrected chi connectivity index (χ2v) is 6.52. The first-order valence-electron chi connectivity index (χ1n) is 8.07. The van der Waals surface area contributed by atoms with Crippen LogP contribution >= 0.6 is 0 Å². The number of carbonyl (C=O) groups is 2. The summed E-state index contributed by atoms with van der Waals surface area (Å²) in [4.78, 5) is 30.2. The summed E-state index contributed by atoms with van der Waals surface area (Å²) in [6.07, 6.45) is 0.465. The highest BCUT2D eigenvalue weighted by atomic mass is 16.2. The Morgan fingerprint density at radius 2 is 1.96 bits per heavy atom. The fourth-order valence-electron chi connectivity index (χ4n) is 3.55. The largest absolute Gasteiger partial charge is 0.331 e. The molecule has 1 aliphatic carbocycles. The molecule has 0 radical (unpaired) electrons. The third-order valence-corrected chi connectivity index (χ3v) is 5.06. The first kappa shape index (κ1) is 14.8. The molecule has 1 aromatic heterocycles. The Labute approximate surface area is 140 Å². The normalized spacial score (nSPS) is 16.6. The zero-order valence-electron chi connectivity index (χ0n) is 14.0.